The van der Waals surface area contributed by atoms with Crippen LogP contribution in [0.1, 0.15) is 52.9 Å². The van der Waals surface area contributed by atoms with Crippen LogP contribution in [-0.4, -0.2) is 34.5 Å². The van der Waals surface area contributed by atoms with E-state index in [0.717, 1.165) is 25.7 Å². The van der Waals surface area contributed by atoms with Crippen molar-refractivity contribution in [3.8, 4) is 0 Å². The van der Waals surface area contributed by atoms with Gasteiger partial charge in [-0.25, -0.2) is 0 Å². The maximum atomic E-state index is 12.4. The van der Waals surface area contributed by atoms with E-state index >= 15 is 0 Å². The molecule has 1 heterocycles. The first kappa shape index (κ1) is 14.0. The number of nitrogens with zero attached hydrogens (tertiary/aromatic N) is 1. The van der Waals surface area contributed by atoms with Crippen molar-refractivity contribution in [1.82, 2.24) is 4.90 Å². The van der Waals surface area contributed by atoms with E-state index in [2.05, 4.69) is 0 Å². The highest BCUT2D eigenvalue weighted by atomic mass is 16.4. The van der Waals surface area contributed by atoms with Crippen LogP contribution in [0, 0.1) is 5.41 Å². The summed E-state index contributed by atoms with van der Waals surface area (Å²) in [4.78, 5) is 25.0. The number of amides is 1. The van der Waals surface area contributed by atoms with E-state index in [0.29, 0.717) is 6.54 Å². The Morgan fingerprint density at radius 2 is 2.00 bits per heavy atom. The highest BCUT2D eigenvalue weighted by molar-refractivity contribution is 5.83. The number of hydrogen-bond acceptors (Lipinski definition) is 2. The molecule has 0 aliphatic carbocycles. The fraction of sp³-hybridized carbons (Fsp3) is 0.846. The van der Waals surface area contributed by atoms with Crippen molar-refractivity contribution in [1.29, 1.82) is 0 Å². The first-order valence-corrected chi connectivity index (χ1v) is 6.41. The van der Waals surface area contributed by atoms with E-state index in [1.807, 2.05) is 20.8 Å². The van der Waals surface area contributed by atoms with Crippen LogP contribution < -0.4 is 0 Å². The molecule has 1 saturated heterocycles. The van der Waals surface area contributed by atoms with Crippen LogP contribution in [0.15, 0.2) is 0 Å². The standard InChI is InChI=1S/C13H23NO3/c1-4-13(2,3)12(17)14-8-6-5-7-10(14)9-11(15)16/h10H,4-9H2,1-3H3,(H,15,16). The summed E-state index contributed by atoms with van der Waals surface area (Å²) in [6.45, 7) is 6.57. The van der Waals surface area contributed by atoms with Crippen LogP contribution >= 0.6 is 0 Å². The fourth-order valence-electron chi connectivity index (χ4n) is 2.22. The van der Waals surface area contributed by atoms with Crippen LogP contribution in [0.4, 0.5) is 0 Å². The molecule has 4 nitrogen and oxygen atoms in total. The summed E-state index contributed by atoms with van der Waals surface area (Å²) < 4.78 is 0. The summed E-state index contributed by atoms with van der Waals surface area (Å²) in [5.74, 6) is -0.713. The highest BCUT2D eigenvalue weighted by Gasteiger charge is 2.35. The van der Waals surface area contributed by atoms with Crippen molar-refractivity contribution in [2.45, 2.75) is 58.9 Å². The number of carboxylic acids is 1. The van der Waals surface area contributed by atoms with Gasteiger partial charge in [0.25, 0.3) is 0 Å². The Morgan fingerprint density at radius 3 is 2.53 bits per heavy atom. The summed E-state index contributed by atoms with van der Waals surface area (Å²) in [7, 11) is 0. The van der Waals surface area contributed by atoms with Gasteiger partial charge < -0.3 is 10.0 Å². The number of likely N-dealkylation sites (tertiary alicyclic amines) is 1. The molecule has 0 aromatic heterocycles. The van der Waals surface area contributed by atoms with Gasteiger partial charge in [0, 0.05) is 18.0 Å². The third-order valence-corrected chi connectivity index (χ3v) is 3.76. The molecule has 0 aromatic rings. The maximum absolute atomic E-state index is 12.4. The van der Waals surface area contributed by atoms with E-state index in [-0.39, 0.29) is 23.8 Å². The molecule has 0 aromatic carbocycles. The number of rotatable bonds is 4. The molecule has 1 rings (SSSR count). The molecular formula is C13H23NO3. The van der Waals surface area contributed by atoms with Crippen molar-refractivity contribution >= 4 is 11.9 Å². The summed E-state index contributed by atoms with van der Waals surface area (Å²) in [5, 5.41) is 8.89. The normalized spacial score (nSPS) is 21.4. The molecule has 1 aliphatic rings. The van der Waals surface area contributed by atoms with Gasteiger partial charge in [0.2, 0.25) is 5.91 Å². The molecule has 17 heavy (non-hydrogen) atoms. The Balaban J connectivity index is 2.77. The molecule has 0 spiro atoms. The van der Waals surface area contributed by atoms with Gasteiger partial charge >= 0.3 is 5.97 Å². The number of aliphatic carboxylic acids is 1. The van der Waals surface area contributed by atoms with Crippen LogP contribution in [0.2, 0.25) is 0 Å². The molecule has 4 heteroatoms. The van der Waals surface area contributed by atoms with Gasteiger partial charge in [0.15, 0.2) is 0 Å². The molecule has 0 radical (unpaired) electrons. The first-order chi connectivity index (χ1) is 7.88. The zero-order chi connectivity index (χ0) is 13.1. The highest BCUT2D eigenvalue weighted by Crippen LogP contribution is 2.28. The third kappa shape index (κ3) is 3.45. The monoisotopic (exact) mass is 241 g/mol. The lowest BCUT2D eigenvalue weighted by Gasteiger charge is -2.39. The number of carbonyl (C=O) groups excluding carboxylic acids is 1. The average Bonchev–Trinajstić information content (AvgIpc) is 2.28. The minimum absolute atomic E-state index is 0.0749. The summed E-state index contributed by atoms with van der Waals surface area (Å²) >= 11 is 0. The Morgan fingerprint density at radius 1 is 1.35 bits per heavy atom. The number of hydrogen-bond donors (Lipinski definition) is 1. The van der Waals surface area contributed by atoms with Crippen LogP contribution in [-0.2, 0) is 9.59 Å². The Labute approximate surface area is 103 Å². The van der Waals surface area contributed by atoms with Gasteiger partial charge in [0.1, 0.15) is 0 Å². The molecule has 1 N–H and O–H groups in total. The molecule has 0 bridgehead atoms. The van der Waals surface area contributed by atoms with Gasteiger partial charge in [-0.3, -0.25) is 9.59 Å². The molecule has 1 aliphatic heterocycles. The molecular weight excluding hydrogens is 218 g/mol. The number of carbonyl (C=O) groups is 2. The minimum atomic E-state index is -0.816. The van der Waals surface area contributed by atoms with E-state index in [4.69, 9.17) is 5.11 Å². The summed E-state index contributed by atoms with van der Waals surface area (Å²) in [5.41, 5.74) is -0.381. The number of carboxylic acid groups (broad SMARTS) is 1. The second kappa shape index (κ2) is 5.52. The Bertz CT molecular complexity index is 299. The topological polar surface area (TPSA) is 57.6 Å². The molecule has 1 amide bonds. The first-order valence-electron chi connectivity index (χ1n) is 6.41. The maximum Gasteiger partial charge on any atom is 0.305 e. The molecule has 98 valence electrons. The smallest absolute Gasteiger partial charge is 0.305 e. The predicted molar refractivity (Wildman–Crippen MR) is 65.7 cm³/mol. The molecule has 1 atom stereocenters. The average molecular weight is 241 g/mol. The van der Waals surface area contributed by atoms with Gasteiger partial charge in [-0.2, -0.15) is 0 Å². The lowest BCUT2D eigenvalue weighted by molar-refractivity contribution is -0.147. The lowest BCUT2D eigenvalue weighted by atomic mass is 9.86. The lowest BCUT2D eigenvalue weighted by Crippen LogP contribution is -2.49. The quantitative estimate of drug-likeness (QED) is 0.821. The summed E-state index contributed by atoms with van der Waals surface area (Å²) in [6, 6.07) is -0.112. The van der Waals surface area contributed by atoms with Crippen LogP contribution in [0.3, 0.4) is 0 Å². The van der Waals surface area contributed by atoms with Gasteiger partial charge in [-0.1, -0.05) is 20.8 Å². The molecule has 1 unspecified atom stereocenters. The van der Waals surface area contributed by atoms with Gasteiger partial charge in [-0.15, -0.1) is 0 Å². The molecule has 1 fully saturated rings. The third-order valence-electron chi connectivity index (χ3n) is 3.76. The van der Waals surface area contributed by atoms with E-state index in [1.165, 1.54) is 0 Å². The van der Waals surface area contributed by atoms with Crippen molar-refractivity contribution < 1.29 is 14.7 Å². The predicted octanol–water partition coefficient (Wildman–Crippen LogP) is 2.28. The molecule has 0 saturated carbocycles. The Hall–Kier alpha value is -1.06. The van der Waals surface area contributed by atoms with Crippen molar-refractivity contribution in [3.05, 3.63) is 0 Å². The van der Waals surface area contributed by atoms with Crippen molar-refractivity contribution in [2.75, 3.05) is 6.54 Å². The van der Waals surface area contributed by atoms with Crippen LogP contribution in [0.5, 0.6) is 0 Å². The Kier molecular flexibility index (Phi) is 4.54. The van der Waals surface area contributed by atoms with E-state index in [1.54, 1.807) is 4.90 Å². The van der Waals surface area contributed by atoms with Gasteiger partial charge in [-0.05, 0) is 25.7 Å². The largest absolute Gasteiger partial charge is 0.481 e. The van der Waals surface area contributed by atoms with Crippen LogP contribution in [0.25, 0.3) is 0 Å². The second-order valence-corrected chi connectivity index (χ2v) is 5.48. The zero-order valence-electron chi connectivity index (χ0n) is 11.0. The zero-order valence-corrected chi connectivity index (χ0v) is 11.0. The summed E-state index contributed by atoms with van der Waals surface area (Å²) in [6.07, 6.45) is 3.68. The van der Waals surface area contributed by atoms with Crippen molar-refractivity contribution in [3.63, 3.8) is 0 Å². The second-order valence-electron chi connectivity index (χ2n) is 5.48. The van der Waals surface area contributed by atoms with E-state index < -0.39 is 5.97 Å². The SMILES string of the molecule is CCC(C)(C)C(=O)N1CCCCC1CC(=O)O. The van der Waals surface area contributed by atoms with E-state index in [9.17, 15) is 9.59 Å². The van der Waals surface area contributed by atoms with Gasteiger partial charge in [0.05, 0.1) is 6.42 Å². The van der Waals surface area contributed by atoms with Crippen molar-refractivity contribution in [2.24, 2.45) is 5.41 Å². The number of piperidine rings is 1. The fourth-order valence-corrected chi connectivity index (χ4v) is 2.22. The minimum Gasteiger partial charge on any atom is -0.481 e.